The summed E-state index contributed by atoms with van der Waals surface area (Å²) in [4.78, 5) is 15.4. The number of thioether (sulfide) groups is 1. The van der Waals surface area contributed by atoms with E-state index < -0.39 is 23.7 Å². The van der Waals surface area contributed by atoms with Crippen molar-refractivity contribution in [2.24, 2.45) is 0 Å². The van der Waals surface area contributed by atoms with E-state index in [0.717, 1.165) is 5.56 Å². The van der Waals surface area contributed by atoms with E-state index in [0.29, 0.717) is 60.6 Å². The lowest BCUT2D eigenvalue weighted by atomic mass is 10.1. The first kappa shape index (κ1) is 22.4. The number of aryl methyl sites for hydroxylation is 1. The van der Waals surface area contributed by atoms with Crippen molar-refractivity contribution in [2.45, 2.75) is 24.5 Å². The maximum absolute atomic E-state index is 14.5. The first-order valence-electron chi connectivity index (χ1n) is 9.41. The molecule has 0 unspecified atom stereocenters. The molecule has 3 rings (SSSR count). The summed E-state index contributed by atoms with van der Waals surface area (Å²) in [6.45, 7) is 4.70. The Hall–Kier alpha value is -2.26. The predicted molar refractivity (Wildman–Crippen MR) is 109 cm³/mol. The third kappa shape index (κ3) is 5.89. The Morgan fingerprint density at radius 3 is 2.30 bits per heavy atom. The quantitative estimate of drug-likeness (QED) is 0.514. The van der Waals surface area contributed by atoms with Crippen LogP contribution in [0.3, 0.4) is 0 Å². The van der Waals surface area contributed by atoms with Gasteiger partial charge in [-0.2, -0.15) is 13.2 Å². The van der Waals surface area contributed by atoms with Crippen molar-refractivity contribution < 1.29 is 27.5 Å². The second-order valence-electron chi connectivity index (χ2n) is 7.24. The van der Waals surface area contributed by atoms with Gasteiger partial charge in [-0.1, -0.05) is 12.1 Å². The van der Waals surface area contributed by atoms with Crippen LogP contribution in [0.4, 0.5) is 23.2 Å². The van der Waals surface area contributed by atoms with E-state index in [-0.39, 0.29) is 5.56 Å². The molecule has 0 bridgehead atoms. The molecule has 0 saturated carbocycles. The highest BCUT2D eigenvalue weighted by Crippen LogP contribution is 2.34. The summed E-state index contributed by atoms with van der Waals surface area (Å²) in [5.74, 6) is -2.41. The summed E-state index contributed by atoms with van der Waals surface area (Å²) in [7, 11) is 0. The van der Waals surface area contributed by atoms with Gasteiger partial charge in [0, 0.05) is 37.6 Å². The fraction of sp³-hybridized carbons (Fsp3) is 0.381. The van der Waals surface area contributed by atoms with Crippen LogP contribution in [0.1, 0.15) is 21.5 Å². The first-order chi connectivity index (χ1) is 14.1. The number of hydrogen-bond donors (Lipinski definition) is 1. The second kappa shape index (κ2) is 9.26. The summed E-state index contributed by atoms with van der Waals surface area (Å²) < 4.78 is 52.2. The number of anilines is 1. The van der Waals surface area contributed by atoms with Crippen LogP contribution in [0, 0.1) is 12.7 Å². The number of aromatic carboxylic acids is 1. The van der Waals surface area contributed by atoms with E-state index in [2.05, 4.69) is 4.90 Å². The zero-order chi connectivity index (χ0) is 21.9. The maximum Gasteiger partial charge on any atom is 0.398 e. The van der Waals surface area contributed by atoms with Gasteiger partial charge in [-0.05, 0) is 42.3 Å². The van der Waals surface area contributed by atoms with Crippen LogP contribution in [-0.2, 0) is 6.54 Å². The highest BCUT2D eigenvalue weighted by Gasteiger charge is 2.28. The fourth-order valence-electron chi connectivity index (χ4n) is 3.36. The largest absolute Gasteiger partial charge is 0.478 e. The minimum absolute atomic E-state index is 0.234. The van der Waals surface area contributed by atoms with Gasteiger partial charge in [-0.25, -0.2) is 9.18 Å². The molecule has 30 heavy (non-hydrogen) atoms. The van der Waals surface area contributed by atoms with Crippen molar-refractivity contribution in [1.29, 1.82) is 0 Å². The number of carbonyl (C=O) groups is 1. The molecule has 2 aromatic rings. The molecule has 1 aliphatic rings. The van der Waals surface area contributed by atoms with Crippen LogP contribution in [0.25, 0.3) is 0 Å². The van der Waals surface area contributed by atoms with Crippen molar-refractivity contribution in [2.75, 3.05) is 36.8 Å². The molecule has 162 valence electrons. The molecular formula is C21H22F4N2O2S. The van der Waals surface area contributed by atoms with E-state index in [1.165, 1.54) is 12.1 Å². The molecule has 0 aliphatic carbocycles. The number of piperazine rings is 1. The van der Waals surface area contributed by atoms with Crippen LogP contribution in [0.5, 0.6) is 0 Å². The van der Waals surface area contributed by atoms with Crippen molar-refractivity contribution in [1.82, 2.24) is 4.90 Å². The van der Waals surface area contributed by atoms with Crippen molar-refractivity contribution in [3.63, 3.8) is 0 Å². The van der Waals surface area contributed by atoms with Gasteiger partial charge in [0.25, 0.3) is 0 Å². The number of carboxylic acid groups (broad SMARTS) is 1. The van der Waals surface area contributed by atoms with Gasteiger partial charge in [0.15, 0.2) is 0 Å². The lowest BCUT2D eigenvalue weighted by Crippen LogP contribution is -2.46. The molecular weight excluding hydrogens is 420 g/mol. The summed E-state index contributed by atoms with van der Waals surface area (Å²) in [6.07, 6.45) is -4.28. The van der Waals surface area contributed by atoms with E-state index in [1.54, 1.807) is 31.2 Å². The fourth-order valence-corrected chi connectivity index (χ4v) is 4.16. The minimum atomic E-state index is -4.28. The molecule has 0 radical (unpaired) electrons. The molecule has 1 saturated heterocycles. The Kier molecular flexibility index (Phi) is 6.92. The Bertz CT molecular complexity index is 895. The third-order valence-corrected chi connectivity index (χ3v) is 6.18. The number of benzene rings is 2. The van der Waals surface area contributed by atoms with Crippen molar-refractivity contribution in [3.05, 3.63) is 58.9 Å². The van der Waals surface area contributed by atoms with Gasteiger partial charge in [-0.3, -0.25) is 4.90 Å². The van der Waals surface area contributed by atoms with Gasteiger partial charge < -0.3 is 10.0 Å². The van der Waals surface area contributed by atoms with E-state index >= 15 is 0 Å². The number of alkyl halides is 3. The normalized spacial score (nSPS) is 15.4. The summed E-state index contributed by atoms with van der Waals surface area (Å²) >= 11 is 0.676. The van der Waals surface area contributed by atoms with Crippen LogP contribution in [0.15, 0.2) is 41.3 Å². The maximum atomic E-state index is 14.5. The average Bonchev–Trinajstić information content (AvgIpc) is 2.68. The molecule has 0 spiro atoms. The summed E-state index contributed by atoms with van der Waals surface area (Å²) in [6, 6.07) is 9.50. The second-order valence-corrected chi connectivity index (χ2v) is 8.26. The predicted octanol–water partition coefficient (Wildman–Crippen LogP) is 4.81. The molecule has 9 heteroatoms. The molecule has 0 atom stereocenters. The van der Waals surface area contributed by atoms with E-state index in [4.69, 9.17) is 5.11 Å². The number of halogens is 4. The highest BCUT2D eigenvalue weighted by atomic mass is 32.2. The SMILES string of the molecule is Cc1cc(F)c(N2CCN(Cc3ccc(C(=O)O)cc3)CC2)cc1SCC(F)(F)F. The summed E-state index contributed by atoms with van der Waals surface area (Å²) in [5.41, 5.74) is 2.04. The molecule has 0 amide bonds. The van der Waals surface area contributed by atoms with Crippen molar-refractivity contribution >= 4 is 23.4 Å². The number of carboxylic acids is 1. The topological polar surface area (TPSA) is 43.8 Å². The zero-order valence-corrected chi connectivity index (χ0v) is 17.2. The lowest BCUT2D eigenvalue weighted by molar-refractivity contribution is -0.105. The Morgan fingerprint density at radius 2 is 1.73 bits per heavy atom. The van der Waals surface area contributed by atoms with Crippen LogP contribution < -0.4 is 4.90 Å². The van der Waals surface area contributed by atoms with Crippen LogP contribution in [0.2, 0.25) is 0 Å². The lowest BCUT2D eigenvalue weighted by Gasteiger charge is -2.36. The van der Waals surface area contributed by atoms with Gasteiger partial charge in [-0.15, -0.1) is 11.8 Å². The molecule has 0 aromatic heterocycles. The average molecular weight is 442 g/mol. The molecule has 1 aliphatic heterocycles. The van der Waals surface area contributed by atoms with Gasteiger partial charge in [0.05, 0.1) is 17.0 Å². The van der Waals surface area contributed by atoms with Gasteiger partial charge in [0.1, 0.15) is 5.82 Å². The number of rotatable bonds is 6. The van der Waals surface area contributed by atoms with E-state index in [9.17, 15) is 22.4 Å². The molecule has 1 heterocycles. The number of hydrogen-bond acceptors (Lipinski definition) is 4. The standard InChI is InChI=1S/C21H22F4N2O2S/c1-14-10-17(22)18(11-19(14)30-13-21(23,24)25)27-8-6-26(7-9-27)12-15-2-4-16(5-3-15)20(28)29/h2-5,10-11H,6-9,12-13H2,1H3,(H,28,29). The number of nitrogens with zero attached hydrogens (tertiary/aromatic N) is 2. The van der Waals surface area contributed by atoms with Gasteiger partial charge >= 0.3 is 12.1 Å². The van der Waals surface area contributed by atoms with Crippen molar-refractivity contribution in [3.8, 4) is 0 Å². The molecule has 4 nitrogen and oxygen atoms in total. The first-order valence-corrected chi connectivity index (χ1v) is 10.4. The Balaban J connectivity index is 1.62. The Morgan fingerprint density at radius 1 is 1.10 bits per heavy atom. The highest BCUT2D eigenvalue weighted by molar-refractivity contribution is 7.99. The Labute approximate surface area is 176 Å². The summed E-state index contributed by atoms with van der Waals surface area (Å²) in [5, 5.41) is 8.96. The smallest absolute Gasteiger partial charge is 0.398 e. The minimum Gasteiger partial charge on any atom is -0.478 e. The molecule has 2 aromatic carbocycles. The molecule has 1 fully saturated rings. The zero-order valence-electron chi connectivity index (χ0n) is 16.4. The van der Waals surface area contributed by atoms with Crippen LogP contribution in [-0.4, -0.2) is 54.1 Å². The third-order valence-electron chi connectivity index (χ3n) is 4.96. The van der Waals surface area contributed by atoms with Crippen LogP contribution >= 0.6 is 11.8 Å². The monoisotopic (exact) mass is 442 g/mol. The molecule has 1 N–H and O–H groups in total. The van der Waals surface area contributed by atoms with E-state index in [1.807, 2.05) is 4.90 Å². The van der Waals surface area contributed by atoms with Gasteiger partial charge in [0.2, 0.25) is 0 Å².